The number of carbonyl (C=O) groups is 2. The van der Waals surface area contributed by atoms with Crippen LogP contribution >= 0.6 is 0 Å². The van der Waals surface area contributed by atoms with Gasteiger partial charge in [0.2, 0.25) is 0 Å². The van der Waals surface area contributed by atoms with Crippen molar-refractivity contribution in [3.8, 4) is 5.75 Å². The summed E-state index contributed by atoms with van der Waals surface area (Å²) in [6.45, 7) is 14.4. The first-order valence-electron chi connectivity index (χ1n) is 12.0. The second-order valence-corrected chi connectivity index (χ2v) is 10.9. The van der Waals surface area contributed by atoms with E-state index in [4.69, 9.17) is 4.74 Å². The molecule has 2 aromatic rings. The van der Waals surface area contributed by atoms with Crippen molar-refractivity contribution < 1.29 is 14.3 Å². The molecule has 0 spiro atoms. The number of rotatable bonds is 7. The largest absolute Gasteiger partial charge is 0.415 e. The van der Waals surface area contributed by atoms with Gasteiger partial charge in [0.05, 0.1) is 0 Å². The van der Waals surface area contributed by atoms with Crippen LogP contribution in [0.5, 0.6) is 5.75 Å². The molecule has 184 valence electrons. The Morgan fingerprint density at radius 2 is 1.68 bits per heavy atom. The molecule has 0 bridgehead atoms. The first-order valence-corrected chi connectivity index (χ1v) is 12.0. The molecule has 1 saturated heterocycles. The lowest BCUT2D eigenvalue weighted by atomic mass is 9.81. The number of hydrogen-bond acceptors (Lipinski definition) is 5. The van der Waals surface area contributed by atoms with E-state index in [0.29, 0.717) is 24.4 Å². The van der Waals surface area contributed by atoms with Crippen LogP contribution < -0.4 is 10.1 Å². The van der Waals surface area contributed by atoms with Gasteiger partial charge in [-0.25, -0.2) is 4.79 Å². The number of amides is 2. The molecule has 0 atom stereocenters. The highest BCUT2D eigenvalue weighted by Crippen LogP contribution is 2.27. The van der Waals surface area contributed by atoms with Gasteiger partial charge in [-0.1, -0.05) is 26.8 Å². The summed E-state index contributed by atoms with van der Waals surface area (Å²) in [5.74, 6) is 0.309. The van der Waals surface area contributed by atoms with Gasteiger partial charge >= 0.3 is 6.09 Å². The normalized spacial score (nSPS) is 15.1. The summed E-state index contributed by atoms with van der Waals surface area (Å²) < 4.78 is 5.55. The molecule has 0 unspecified atom stereocenters. The van der Waals surface area contributed by atoms with Crippen molar-refractivity contribution in [3.63, 3.8) is 0 Å². The van der Waals surface area contributed by atoms with Crippen LogP contribution in [0.2, 0.25) is 0 Å². The van der Waals surface area contributed by atoms with Crippen LogP contribution in [0.15, 0.2) is 48.8 Å². The van der Waals surface area contributed by atoms with Crippen LogP contribution in [0, 0.1) is 5.41 Å². The van der Waals surface area contributed by atoms with Crippen LogP contribution in [0.1, 0.15) is 57.0 Å². The number of piperazine rings is 1. The summed E-state index contributed by atoms with van der Waals surface area (Å²) in [5.41, 5.74) is 1.56. The van der Waals surface area contributed by atoms with Crippen LogP contribution in [-0.4, -0.2) is 65.0 Å². The quantitative estimate of drug-likeness (QED) is 0.655. The number of aromatic nitrogens is 1. The number of pyridine rings is 1. The van der Waals surface area contributed by atoms with E-state index in [1.165, 1.54) is 5.56 Å². The van der Waals surface area contributed by atoms with Gasteiger partial charge in [0.15, 0.2) is 0 Å². The standard InChI is InChI=1S/C27H38N4O3/c1-26(2,3)20-27(4,5)29-24(32)22-8-10-23(11-9-22)34-25(33)31-17-15-30(16-18-31)14-12-21-7-6-13-28-19-21/h6-11,13,19H,12,14-18,20H2,1-5H3,(H,29,32). The van der Waals surface area contributed by atoms with Gasteiger partial charge in [0.1, 0.15) is 5.75 Å². The van der Waals surface area contributed by atoms with Gasteiger partial charge in [-0.05, 0) is 68.0 Å². The summed E-state index contributed by atoms with van der Waals surface area (Å²) in [6.07, 6.45) is 5.14. The molecule has 34 heavy (non-hydrogen) atoms. The topological polar surface area (TPSA) is 74.8 Å². The molecule has 2 amide bonds. The second kappa shape index (κ2) is 11.0. The number of ether oxygens (including phenoxy) is 1. The summed E-state index contributed by atoms with van der Waals surface area (Å²) in [4.78, 5) is 33.5. The number of benzene rings is 1. The van der Waals surface area contributed by atoms with E-state index < -0.39 is 0 Å². The maximum atomic E-state index is 12.7. The first-order chi connectivity index (χ1) is 16.0. The number of nitrogens with zero attached hydrogens (tertiary/aromatic N) is 3. The molecule has 7 nitrogen and oxygen atoms in total. The number of carbonyl (C=O) groups excluding carboxylic acids is 2. The molecular weight excluding hydrogens is 428 g/mol. The molecule has 2 heterocycles. The molecule has 1 aliphatic heterocycles. The first kappa shape index (κ1) is 25.7. The van der Waals surface area contributed by atoms with Gasteiger partial charge in [0.25, 0.3) is 5.91 Å². The molecule has 7 heteroatoms. The third-order valence-electron chi connectivity index (χ3n) is 5.82. The van der Waals surface area contributed by atoms with E-state index >= 15 is 0 Å². The van der Waals surface area contributed by atoms with E-state index in [-0.39, 0.29) is 23.0 Å². The number of hydrogen-bond donors (Lipinski definition) is 1. The molecule has 1 aromatic carbocycles. The van der Waals surface area contributed by atoms with E-state index in [1.807, 2.05) is 26.1 Å². The Hall–Kier alpha value is -2.93. The molecule has 3 rings (SSSR count). The summed E-state index contributed by atoms with van der Waals surface area (Å²) in [7, 11) is 0. The molecule has 0 aliphatic carbocycles. The van der Waals surface area contributed by atoms with Gasteiger partial charge in [-0.3, -0.25) is 14.7 Å². The van der Waals surface area contributed by atoms with E-state index in [2.05, 4.69) is 42.0 Å². The van der Waals surface area contributed by atoms with Crippen LogP contribution in [0.3, 0.4) is 0 Å². The minimum atomic E-state index is -0.351. The number of nitrogens with one attached hydrogen (secondary N) is 1. The Morgan fingerprint density at radius 1 is 1.00 bits per heavy atom. The van der Waals surface area contributed by atoms with Crippen LogP contribution in [0.4, 0.5) is 4.79 Å². The highest BCUT2D eigenvalue weighted by Gasteiger charge is 2.27. The van der Waals surface area contributed by atoms with Crippen molar-refractivity contribution in [1.29, 1.82) is 0 Å². The minimum absolute atomic E-state index is 0.111. The van der Waals surface area contributed by atoms with Crippen LogP contribution in [-0.2, 0) is 6.42 Å². The molecule has 0 saturated carbocycles. The predicted molar refractivity (Wildman–Crippen MR) is 134 cm³/mol. The zero-order valence-corrected chi connectivity index (χ0v) is 21.1. The molecule has 1 aromatic heterocycles. The van der Waals surface area contributed by atoms with Crippen molar-refractivity contribution in [3.05, 3.63) is 59.9 Å². The molecule has 1 aliphatic rings. The zero-order chi connectivity index (χ0) is 24.8. The van der Waals surface area contributed by atoms with Gasteiger partial charge in [0, 0.05) is 56.2 Å². The van der Waals surface area contributed by atoms with E-state index in [1.54, 1.807) is 35.4 Å². The summed E-state index contributed by atoms with van der Waals surface area (Å²) in [6, 6.07) is 10.8. The van der Waals surface area contributed by atoms with Crippen molar-refractivity contribution in [2.45, 2.75) is 53.0 Å². The van der Waals surface area contributed by atoms with Crippen molar-refractivity contribution in [2.75, 3.05) is 32.7 Å². The lowest BCUT2D eigenvalue weighted by Crippen LogP contribution is -2.49. The summed E-state index contributed by atoms with van der Waals surface area (Å²) >= 11 is 0. The fraction of sp³-hybridized carbons (Fsp3) is 0.519. The third kappa shape index (κ3) is 8.13. The van der Waals surface area contributed by atoms with Crippen molar-refractivity contribution in [1.82, 2.24) is 20.1 Å². The lowest BCUT2D eigenvalue weighted by molar-refractivity contribution is 0.0891. The highest BCUT2D eigenvalue weighted by molar-refractivity contribution is 5.94. The molecule has 0 radical (unpaired) electrons. The molecule has 1 N–H and O–H groups in total. The Balaban J connectivity index is 1.44. The van der Waals surface area contributed by atoms with Crippen LogP contribution in [0.25, 0.3) is 0 Å². The monoisotopic (exact) mass is 466 g/mol. The maximum absolute atomic E-state index is 12.7. The minimum Gasteiger partial charge on any atom is -0.410 e. The molecular formula is C27H38N4O3. The summed E-state index contributed by atoms with van der Waals surface area (Å²) in [5, 5.41) is 3.10. The SMILES string of the molecule is CC(C)(C)CC(C)(C)NC(=O)c1ccc(OC(=O)N2CCN(CCc3cccnc3)CC2)cc1. The maximum Gasteiger partial charge on any atom is 0.415 e. The Labute approximate surface area is 203 Å². The Morgan fingerprint density at radius 3 is 2.26 bits per heavy atom. The average Bonchev–Trinajstić information content (AvgIpc) is 2.77. The third-order valence-corrected chi connectivity index (χ3v) is 5.82. The second-order valence-electron chi connectivity index (χ2n) is 10.9. The van der Waals surface area contributed by atoms with E-state index in [0.717, 1.165) is 32.5 Å². The predicted octanol–water partition coefficient (Wildman–Crippen LogP) is 4.39. The fourth-order valence-corrected chi connectivity index (χ4v) is 4.58. The van der Waals surface area contributed by atoms with Crippen molar-refractivity contribution in [2.24, 2.45) is 5.41 Å². The average molecular weight is 467 g/mol. The fourth-order valence-electron chi connectivity index (χ4n) is 4.58. The zero-order valence-electron chi connectivity index (χ0n) is 21.1. The van der Waals surface area contributed by atoms with Gasteiger partial charge in [-0.2, -0.15) is 0 Å². The smallest absolute Gasteiger partial charge is 0.410 e. The Kier molecular flexibility index (Phi) is 8.31. The molecule has 1 fully saturated rings. The van der Waals surface area contributed by atoms with Crippen molar-refractivity contribution >= 4 is 12.0 Å². The van der Waals surface area contributed by atoms with E-state index in [9.17, 15) is 9.59 Å². The Bertz CT molecular complexity index is 944. The highest BCUT2D eigenvalue weighted by atomic mass is 16.6. The lowest BCUT2D eigenvalue weighted by Gasteiger charge is -2.34. The van der Waals surface area contributed by atoms with Gasteiger partial charge < -0.3 is 15.0 Å². The van der Waals surface area contributed by atoms with Gasteiger partial charge in [-0.15, -0.1) is 0 Å².